The van der Waals surface area contributed by atoms with Gasteiger partial charge >= 0.3 is 0 Å². The molecule has 1 aliphatic heterocycles. The van der Waals surface area contributed by atoms with Gasteiger partial charge in [0.15, 0.2) is 0 Å². The lowest BCUT2D eigenvalue weighted by Gasteiger charge is -2.22. The van der Waals surface area contributed by atoms with Gasteiger partial charge in [0.25, 0.3) is 0 Å². The van der Waals surface area contributed by atoms with Gasteiger partial charge in [0.2, 0.25) is 0 Å². The monoisotopic (exact) mass is 221 g/mol. The van der Waals surface area contributed by atoms with Crippen molar-refractivity contribution in [3.8, 4) is 0 Å². The third kappa shape index (κ3) is 1.64. The maximum Gasteiger partial charge on any atom is 0.0482 e. The van der Waals surface area contributed by atoms with Crippen LogP contribution in [0.25, 0.3) is 12.2 Å². The molecule has 0 N–H and O–H groups in total. The number of nitrogens with zero attached hydrogens (tertiary/aromatic N) is 1. The molecule has 0 aromatic heterocycles. The highest BCUT2D eigenvalue weighted by Gasteiger charge is 2.13. The van der Waals surface area contributed by atoms with Gasteiger partial charge in [-0.2, -0.15) is 0 Å². The van der Waals surface area contributed by atoms with E-state index < -0.39 is 0 Å². The van der Waals surface area contributed by atoms with Gasteiger partial charge in [0.1, 0.15) is 0 Å². The Kier molecular flexibility index (Phi) is 2.25. The molecule has 1 nitrogen and oxygen atoms in total. The van der Waals surface area contributed by atoms with Crippen LogP contribution in [0, 0.1) is 6.92 Å². The summed E-state index contributed by atoms with van der Waals surface area (Å²) in [6.07, 6.45) is 4.39. The van der Waals surface area contributed by atoms with Crippen molar-refractivity contribution in [2.75, 3.05) is 11.9 Å². The van der Waals surface area contributed by atoms with Crippen molar-refractivity contribution < 1.29 is 0 Å². The molecular formula is C16H15N. The van der Waals surface area contributed by atoms with E-state index in [1.165, 1.54) is 28.1 Å². The maximum atomic E-state index is 2.25. The summed E-state index contributed by atoms with van der Waals surface area (Å²) in [5, 5.41) is 0. The van der Waals surface area contributed by atoms with Gasteiger partial charge in [-0.3, -0.25) is 0 Å². The zero-order chi connectivity index (χ0) is 11.8. The predicted molar refractivity (Wildman–Crippen MR) is 74.6 cm³/mol. The van der Waals surface area contributed by atoms with Crippen LogP contribution in [0.4, 0.5) is 11.4 Å². The molecule has 2 aromatic rings. The van der Waals surface area contributed by atoms with E-state index in [-0.39, 0.29) is 0 Å². The molecule has 1 heterocycles. The standard InChI is InChI=1S/C16H15N/c1-12-7-10-16-14(11-12)9-8-13-5-3-4-6-15(13)17(16)2/h3-11H,1-2H3. The lowest BCUT2D eigenvalue weighted by molar-refractivity contribution is 1.20. The van der Waals surface area contributed by atoms with Crippen molar-refractivity contribution >= 4 is 23.5 Å². The highest BCUT2D eigenvalue weighted by molar-refractivity contribution is 5.88. The van der Waals surface area contributed by atoms with Crippen molar-refractivity contribution in [2.24, 2.45) is 0 Å². The number of benzene rings is 2. The fraction of sp³-hybridized carbons (Fsp3) is 0.125. The van der Waals surface area contributed by atoms with Crippen LogP contribution >= 0.6 is 0 Å². The second kappa shape index (κ2) is 3.77. The van der Waals surface area contributed by atoms with Gasteiger partial charge in [-0.25, -0.2) is 0 Å². The first-order valence-corrected chi connectivity index (χ1v) is 5.87. The summed E-state index contributed by atoms with van der Waals surface area (Å²) in [5.41, 5.74) is 6.36. The third-order valence-corrected chi connectivity index (χ3v) is 3.28. The first kappa shape index (κ1) is 10.2. The van der Waals surface area contributed by atoms with Gasteiger partial charge in [0.05, 0.1) is 0 Å². The third-order valence-electron chi connectivity index (χ3n) is 3.28. The van der Waals surface area contributed by atoms with E-state index in [0.29, 0.717) is 0 Å². The molecule has 0 fully saturated rings. The zero-order valence-corrected chi connectivity index (χ0v) is 10.1. The second-order valence-corrected chi connectivity index (χ2v) is 4.51. The summed E-state index contributed by atoms with van der Waals surface area (Å²) in [6.45, 7) is 2.13. The van der Waals surface area contributed by atoms with Crippen LogP contribution < -0.4 is 4.90 Å². The van der Waals surface area contributed by atoms with Gasteiger partial charge in [-0.15, -0.1) is 0 Å². The lowest BCUT2D eigenvalue weighted by Crippen LogP contribution is -2.10. The van der Waals surface area contributed by atoms with E-state index in [0.717, 1.165) is 0 Å². The number of aryl methyl sites for hydroxylation is 1. The summed E-state index contributed by atoms with van der Waals surface area (Å²) < 4.78 is 0. The van der Waals surface area contributed by atoms with Gasteiger partial charge in [0, 0.05) is 18.4 Å². The van der Waals surface area contributed by atoms with Gasteiger partial charge < -0.3 is 4.90 Å². The van der Waals surface area contributed by atoms with E-state index >= 15 is 0 Å². The number of para-hydroxylation sites is 1. The summed E-state index contributed by atoms with van der Waals surface area (Å²) in [6, 6.07) is 15.1. The smallest absolute Gasteiger partial charge is 0.0482 e. The number of hydrogen-bond donors (Lipinski definition) is 0. The van der Waals surface area contributed by atoms with Crippen molar-refractivity contribution in [1.82, 2.24) is 0 Å². The molecule has 0 spiro atoms. The molecule has 2 aromatic carbocycles. The Morgan fingerprint density at radius 3 is 2.41 bits per heavy atom. The predicted octanol–water partition coefficient (Wildman–Crippen LogP) is 4.25. The Balaban J connectivity index is 2.24. The normalized spacial score (nSPS) is 12.9. The SMILES string of the molecule is Cc1ccc2c(c1)C=Cc1ccccc1N2C. The molecule has 0 aliphatic carbocycles. The van der Waals surface area contributed by atoms with E-state index in [9.17, 15) is 0 Å². The molecule has 3 rings (SSSR count). The van der Waals surface area contributed by atoms with Crippen LogP contribution in [0.3, 0.4) is 0 Å². The minimum atomic E-state index is 1.26. The fourth-order valence-corrected chi connectivity index (χ4v) is 2.36. The Bertz CT molecular complexity index is 596. The van der Waals surface area contributed by atoms with E-state index in [2.05, 4.69) is 73.5 Å². The summed E-state index contributed by atoms with van der Waals surface area (Å²) in [5.74, 6) is 0. The van der Waals surface area contributed by atoms with Crippen molar-refractivity contribution in [3.05, 3.63) is 59.2 Å². The van der Waals surface area contributed by atoms with Crippen molar-refractivity contribution in [3.63, 3.8) is 0 Å². The molecule has 0 unspecified atom stereocenters. The van der Waals surface area contributed by atoms with Gasteiger partial charge in [-0.05, 0) is 36.2 Å². The quantitative estimate of drug-likeness (QED) is 0.643. The van der Waals surface area contributed by atoms with E-state index in [1.807, 2.05) is 0 Å². The highest BCUT2D eigenvalue weighted by atomic mass is 15.1. The Morgan fingerprint density at radius 1 is 0.824 bits per heavy atom. The minimum absolute atomic E-state index is 1.26. The molecule has 0 radical (unpaired) electrons. The average molecular weight is 221 g/mol. The number of rotatable bonds is 0. The molecule has 0 saturated carbocycles. The van der Waals surface area contributed by atoms with Crippen LogP contribution in [0.15, 0.2) is 42.5 Å². The van der Waals surface area contributed by atoms with E-state index in [4.69, 9.17) is 0 Å². The maximum absolute atomic E-state index is 2.25. The van der Waals surface area contributed by atoms with Crippen LogP contribution in [-0.2, 0) is 0 Å². The van der Waals surface area contributed by atoms with Crippen LogP contribution in [0.1, 0.15) is 16.7 Å². The first-order valence-electron chi connectivity index (χ1n) is 5.87. The highest BCUT2D eigenvalue weighted by Crippen LogP contribution is 2.35. The Morgan fingerprint density at radius 2 is 1.53 bits per heavy atom. The molecule has 0 atom stereocenters. The topological polar surface area (TPSA) is 3.24 Å². The molecular weight excluding hydrogens is 206 g/mol. The fourth-order valence-electron chi connectivity index (χ4n) is 2.36. The lowest BCUT2D eigenvalue weighted by atomic mass is 10.1. The number of hydrogen-bond acceptors (Lipinski definition) is 1. The summed E-state index contributed by atoms with van der Waals surface area (Å²) in [7, 11) is 2.12. The van der Waals surface area contributed by atoms with Crippen LogP contribution in [0.2, 0.25) is 0 Å². The number of fused-ring (bicyclic) bond motifs is 2. The second-order valence-electron chi connectivity index (χ2n) is 4.51. The van der Waals surface area contributed by atoms with Crippen molar-refractivity contribution in [2.45, 2.75) is 6.92 Å². The minimum Gasteiger partial charge on any atom is -0.344 e. The van der Waals surface area contributed by atoms with Gasteiger partial charge in [-0.1, -0.05) is 42.0 Å². The number of anilines is 2. The first-order chi connectivity index (χ1) is 8.25. The summed E-state index contributed by atoms with van der Waals surface area (Å²) in [4.78, 5) is 2.25. The van der Waals surface area contributed by atoms with E-state index in [1.54, 1.807) is 0 Å². The molecule has 84 valence electrons. The molecule has 1 aliphatic rings. The average Bonchev–Trinajstić information content (AvgIpc) is 2.48. The van der Waals surface area contributed by atoms with Crippen molar-refractivity contribution in [1.29, 1.82) is 0 Å². The molecule has 17 heavy (non-hydrogen) atoms. The Hall–Kier alpha value is -2.02. The Labute approximate surface area is 102 Å². The molecule has 0 saturated heterocycles. The molecule has 0 bridgehead atoms. The summed E-state index contributed by atoms with van der Waals surface area (Å²) >= 11 is 0. The zero-order valence-electron chi connectivity index (χ0n) is 10.1. The molecule has 1 heteroatoms. The largest absolute Gasteiger partial charge is 0.344 e. The van der Waals surface area contributed by atoms with Crippen LogP contribution in [-0.4, -0.2) is 7.05 Å². The van der Waals surface area contributed by atoms with Crippen LogP contribution in [0.5, 0.6) is 0 Å². The molecule has 0 amide bonds.